The first-order valence-electron chi connectivity index (χ1n) is 12.5. The molecular formula is C27H35F8N. The lowest BCUT2D eigenvalue weighted by Gasteiger charge is -2.14. The van der Waals surface area contributed by atoms with Crippen LogP contribution in [0, 0.1) is 52.5 Å². The van der Waals surface area contributed by atoms with Gasteiger partial charge in [-0.05, 0) is 44.0 Å². The predicted octanol–water partition coefficient (Wildman–Crippen LogP) is 9.23. The molecule has 1 N–H and O–H groups in total. The minimum absolute atomic E-state index is 0.297. The number of halogens is 8. The van der Waals surface area contributed by atoms with E-state index >= 15 is 0 Å². The molecule has 2 rings (SSSR count). The van der Waals surface area contributed by atoms with Crippen LogP contribution in [0.5, 0.6) is 0 Å². The lowest BCUT2D eigenvalue weighted by atomic mass is 9.96. The quantitative estimate of drug-likeness (QED) is 0.119. The molecule has 0 amide bonds. The average Bonchev–Trinajstić information content (AvgIpc) is 2.88. The fraction of sp³-hybridized carbons (Fsp3) is 0.556. The Morgan fingerprint density at radius 2 is 1.17 bits per heavy atom. The Bertz CT molecular complexity index is 919. The van der Waals surface area contributed by atoms with Crippen LogP contribution in [0.4, 0.5) is 35.1 Å². The van der Waals surface area contributed by atoms with E-state index in [1.54, 1.807) is 0 Å². The number of rotatable bonds is 13. The molecule has 2 aromatic carbocycles. The van der Waals surface area contributed by atoms with Crippen molar-refractivity contribution >= 4 is 0 Å². The minimum Gasteiger partial charge on any atom is -0.317 e. The third-order valence-electron chi connectivity index (χ3n) is 5.99. The minimum atomic E-state index is -2.44. The molecule has 1 atom stereocenters. The topological polar surface area (TPSA) is 12.0 Å². The highest BCUT2D eigenvalue weighted by Crippen LogP contribution is 2.34. The average molecular weight is 526 g/mol. The summed E-state index contributed by atoms with van der Waals surface area (Å²) in [6.45, 7) is 9.35. The van der Waals surface area contributed by atoms with Crippen LogP contribution in [-0.2, 0) is 0 Å². The summed E-state index contributed by atoms with van der Waals surface area (Å²) in [4.78, 5) is 0. The Morgan fingerprint density at radius 3 is 1.72 bits per heavy atom. The monoisotopic (exact) mass is 525 g/mol. The Kier molecular flexibility index (Phi) is 14.7. The summed E-state index contributed by atoms with van der Waals surface area (Å²) < 4.78 is 105. The Morgan fingerprint density at radius 1 is 0.583 bits per heavy atom. The number of hydrogen-bond donors (Lipinski definition) is 1. The molecule has 0 aliphatic heterocycles. The summed E-state index contributed by atoms with van der Waals surface area (Å²) in [6, 6.07) is 0.665. The van der Waals surface area contributed by atoms with Crippen LogP contribution < -0.4 is 5.32 Å². The lowest BCUT2D eigenvalue weighted by molar-refractivity contribution is 0.380. The second-order valence-electron chi connectivity index (χ2n) is 8.68. The van der Waals surface area contributed by atoms with Crippen molar-refractivity contribution in [2.45, 2.75) is 78.6 Å². The molecule has 0 aliphatic carbocycles. The van der Waals surface area contributed by atoms with Crippen molar-refractivity contribution in [3.8, 4) is 11.1 Å². The van der Waals surface area contributed by atoms with Gasteiger partial charge in [0, 0.05) is 5.56 Å². The zero-order chi connectivity index (χ0) is 27.3. The fourth-order valence-electron chi connectivity index (χ4n) is 3.71. The highest BCUT2D eigenvalue weighted by Gasteiger charge is 2.29. The fourth-order valence-corrected chi connectivity index (χ4v) is 3.71. The highest BCUT2D eigenvalue weighted by molar-refractivity contribution is 5.66. The van der Waals surface area contributed by atoms with Crippen LogP contribution in [0.2, 0.25) is 0 Å². The largest absolute Gasteiger partial charge is 0.317 e. The van der Waals surface area contributed by atoms with Crippen LogP contribution in [0.15, 0.2) is 12.1 Å². The van der Waals surface area contributed by atoms with E-state index in [1.807, 2.05) is 0 Å². The number of nitrogens with one attached hydrogen (secondary N) is 1. The SMILES string of the molecule is CCCCCCNCCC(CC)CCCC.Fc1ccc(-c2c(F)c(F)c(F)c(F)c2F)c(F)c1F. The van der Waals surface area contributed by atoms with Crippen LogP contribution in [0.1, 0.15) is 78.6 Å². The number of benzene rings is 2. The molecular weight excluding hydrogens is 490 g/mol. The number of unbranched alkanes of at least 4 members (excludes halogenated alkanes) is 4. The van der Waals surface area contributed by atoms with E-state index in [-0.39, 0.29) is 0 Å². The molecule has 0 saturated heterocycles. The van der Waals surface area contributed by atoms with Crippen LogP contribution in [-0.4, -0.2) is 13.1 Å². The van der Waals surface area contributed by atoms with Crippen molar-refractivity contribution in [3.63, 3.8) is 0 Å². The third kappa shape index (κ3) is 9.05. The van der Waals surface area contributed by atoms with Crippen LogP contribution in [0.3, 0.4) is 0 Å². The highest BCUT2D eigenvalue weighted by atomic mass is 19.2. The smallest absolute Gasteiger partial charge is 0.200 e. The summed E-state index contributed by atoms with van der Waals surface area (Å²) in [5.41, 5.74) is -2.95. The van der Waals surface area contributed by atoms with Gasteiger partial charge in [-0.15, -0.1) is 0 Å². The lowest BCUT2D eigenvalue weighted by Crippen LogP contribution is -2.19. The summed E-state index contributed by atoms with van der Waals surface area (Å²) >= 11 is 0. The van der Waals surface area contributed by atoms with Crippen LogP contribution in [0.25, 0.3) is 11.1 Å². The molecule has 1 unspecified atom stereocenters. The van der Waals surface area contributed by atoms with Gasteiger partial charge in [0.25, 0.3) is 0 Å². The summed E-state index contributed by atoms with van der Waals surface area (Å²) in [5, 5.41) is 3.59. The normalized spacial score (nSPS) is 11.9. The molecule has 0 heterocycles. The van der Waals surface area contributed by atoms with Gasteiger partial charge in [-0.3, -0.25) is 0 Å². The van der Waals surface area contributed by atoms with Crippen molar-refractivity contribution in [1.29, 1.82) is 0 Å². The van der Waals surface area contributed by atoms with Gasteiger partial charge in [0.1, 0.15) is 0 Å². The molecule has 204 valence electrons. The Hall–Kier alpha value is -2.16. The molecule has 36 heavy (non-hydrogen) atoms. The van der Waals surface area contributed by atoms with Crippen molar-refractivity contribution in [2.75, 3.05) is 13.1 Å². The van der Waals surface area contributed by atoms with Crippen molar-refractivity contribution < 1.29 is 35.1 Å². The molecule has 0 aromatic heterocycles. The maximum Gasteiger partial charge on any atom is 0.200 e. The summed E-state index contributed by atoms with van der Waals surface area (Å²) in [6.07, 6.45) is 12.4. The first kappa shape index (κ1) is 31.9. The van der Waals surface area contributed by atoms with Gasteiger partial charge in [-0.25, -0.2) is 35.1 Å². The molecule has 0 bridgehead atoms. The van der Waals surface area contributed by atoms with Gasteiger partial charge in [-0.1, -0.05) is 65.7 Å². The van der Waals surface area contributed by atoms with Gasteiger partial charge >= 0.3 is 0 Å². The van der Waals surface area contributed by atoms with E-state index in [0.717, 1.165) is 5.92 Å². The first-order chi connectivity index (χ1) is 17.1. The van der Waals surface area contributed by atoms with E-state index in [2.05, 4.69) is 26.1 Å². The molecule has 1 nitrogen and oxygen atoms in total. The van der Waals surface area contributed by atoms with Gasteiger partial charge in [0.15, 0.2) is 40.7 Å². The molecule has 2 aromatic rings. The molecule has 0 saturated carbocycles. The van der Waals surface area contributed by atoms with Gasteiger partial charge in [0.05, 0.1) is 5.56 Å². The Balaban J connectivity index is 0.000000371. The Labute approximate surface area is 208 Å². The summed E-state index contributed by atoms with van der Waals surface area (Å²) in [7, 11) is 0. The molecule has 9 heteroatoms. The van der Waals surface area contributed by atoms with E-state index in [9.17, 15) is 35.1 Å². The molecule has 0 fully saturated rings. The van der Waals surface area contributed by atoms with Crippen molar-refractivity contribution in [2.24, 2.45) is 5.92 Å². The zero-order valence-corrected chi connectivity index (χ0v) is 21.0. The van der Waals surface area contributed by atoms with Gasteiger partial charge < -0.3 is 5.32 Å². The van der Waals surface area contributed by atoms with E-state index in [0.29, 0.717) is 12.1 Å². The maximum atomic E-state index is 13.4. The molecule has 0 aliphatic rings. The zero-order valence-electron chi connectivity index (χ0n) is 21.0. The third-order valence-corrected chi connectivity index (χ3v) is 5.99. The first-order valence-corrected chi connectivity index (χ1v) is 12.5. The van der Waals surface area contributed by atoms with Gasteiger partial charge in [0.2, 0.25) is 5.82 Å². The second kappa shape index (κ2) is 16.6. The molecule has 0 spiro atoms. The van der Waals surface area contributed by atoms with Crippen molar-refractivity contribution in [1.82, 2.24) is 5.32 Å². The van der Waals surface area contributed by atoms with Crippen LogP contribution >= 0.6 is 0 Å². The molecule has 0 radical (unpaired) electrons. The van der Waals surface area contributed by atoms with E-state index in [1.165, 1.54) is 70.9 Å². The summed E-state index contributed by atoms with van der Waals surface area (Å²) in [5.74, 6) is -16.6. The van der Waals surface area contributed by atoms with Crippen molar-refractivity contribution in [3.05, 3.63) is 58.7 Å². The van der Waals surface area contributed by atoms with E-state index in [4.69, 9.17) is 0 Å². The number of hydrogen-bond acceptors (Lipinski definition) is 1. The van der Waals surface area contributed by atoms with Gasteiger partial charge in [-0.2, -0.15) is 0 Å². The standard InChI is InChI=1S/C15H33N.C12H2F8/c1-4-7-9-10-13-16-14-12-15(6-3)11-8-5-2;13-4-2-1-3(6(14)7(4)15)5-8(16)10(18)12(20)11(19)9(5)17/h15-16H,4-14H2,1-3H3;1-2H. The second-order valence-corrected chi connectivity index (χ2v) is 8.68. The predicted molar refractivity (Wildman–Crippen MR) is 126 cm³/mol. The van der Waals surface area contributed by atoms with E-state index < -0.39 is 57.7 Å². The maximum absolute atomic E-state index is 13.4.